The number of amides is 1. The summed E-state index contributed by atoms with van der Waals surface area (Å²) in [4.78, 5) is 11.1. The summed E-state index contributed by atoms with van der Waals surface area (Å²) in [7, 11) is 2.82. The van der Waals surface area contributed by atoms with Gasteiger partial charge in [-0.3, -0.25) is 5.32 Å². The maximum absolute atomic E-state index is 13.5. The van der Waals surface area contributed by atoms with Gasteiger partial charge >= 0.3 is 6.09 Å². The predicted molar refractivity (Wildman–Crippen MR) is 60.1 cm³/mol. The van der Waals surface area contributed by atoms with Crippen molar-refractivity contribution in [1.82, 2.24) is 0 Å². The van der Waals surface area contributed by atoms with Crippen LogP contribution in [0.3, 0.4) is 0 Å². The Balaban J connectivity index is 2.96. The number of hydrogen-bond acceptors (Lipinski definition) is 4. The standard InChI is InChI=1S/C11H14FNO4/c1-4-17-11(14)13-8-6-10(16-3)9(15-2)5-7(8)12/h5-6H,4H2,1-3H3,(H,13,14). The van der Waals surface area contributed by atoms with E-state index in [0.717, 1.165) is 6.07 Å². The summed E-state index contributed by atoms with van der Waals surface area (Å²) in [5.74, 6) is -0.0594. The molecule has 6 heteroatoms. The van der Waals surface area contributed by atoms with Gasteiger partial charge in [0.2, 0.25) is 0 Å². The normalized spacial score (nSPS) is 9.65. The molecule has 94 valence electrons. The highest BCUT2D eigenvalue weighted by Gasteiger charge is 2.13. The van der Waals surface area contributed by atoms with Gasteiger partial charge in [0.05, 0.1) is 26.5 Å². The number of halogens is 1. The molecule has 17 heavy (non-hydrogen) atoms. The molecule has 5 nitrogen and oxygen atoms in total. The molecule has 0 atom stereocenters. The molecule has 0 radical (unpaired) electrons. The van der Waals surface area contributed by atoms with Crippen LogP contribution in [0.2, 0.25) is 0 Å². The molecule has 1 amide bonds. The van der Waals surface area contributed by atoms with Crippen molar-refractivity contribution in [2.45, 2.75) is 6.92 Å². The zero-order valence-electron chi connectivity index (χ0n) is 9.87. The van der Waals surface area contributed by atoms with E-state index >= 15 is 0 Å². The number of benzene rings is 1. The first-order chi connectivity index (χ1) is 8.12. The van der Waals surface area contributed by atoms with Crippen LogP contribution in [0.1, 0.15) is 6.92 Å². The van der Waals surface area contributed by atoms with Gasteiger partial charge in [0.25, 0.3) is 0 Å². The third kappa shape index (κ3) is 3.24. The van der Waals surface area contributed by atoms with Crippen LogP contribution in [-0.4, -0.2) is 26.9 Å². The highest BCUT2D eigenvalue weighted by molar-refractivity contribution is 5.85. The molecule has 1 N–H and O–H groups in total. The summed E-state index contributed by atoms with van der Waals surface area (Å²) in [6.07, 6.45) is -0.724. The van der Waals surface area contributed by atoms with Crippen molar-refractivity contribution in [2.24, 2.45) is 0 Å². The van der Waals surface area contributed by atoms with Gasteiger partial charge in [-0.15, -0.1) is 0 Å². The first-order valence-corrected chi connectivity index (χ1v) is 4.97. The molecule has 0 saturated heterocycles. The largest absolute Gasteiger partial charge is 0.493 e. The Morgan fingerprint density at radius 2 is 1.88 bits per heavy atom. The van der Waals surface area contributed by atoms with E-state index < -0.39 is 11.9 Å². The fourth-order valence-electron chi connectivity index (χ4n) is 1.23. The Labute approximate surface area is 98.5 Å². The number of rotatable bonds is 4. The smallest absolute Gasteiger partial charge is 0.411 e. The van der Waals surface area contributed by atoms with Gasteiger partial charge in [-0.25, -0.2) is 9.18 Å². The molecule has 0 aliphatic rings. The van der Waals surface area contributed by atoms with E-state index in [0.29, 0.717) is 5.75 Å². The van der Waals surface area contributed by atoms with Gasteiger partial charge < -0.3 is 14.2 Å². The van der Waals surface area contributed by atoms with Crippen molar-refractivity contribution in [2.75, 3.05) is 26.1 Å². The third-order valence-electron chi connectivity index (χ3n) is 1.99. The minimum absolute atomic E-state index is 0.0268. The Bertz CT molecular complexity index is 409. The van der Waals surface area contributed by atoms with Gasteiger partial charge in [0.15, 0.2) is 17.3 Å². The number of carbonyl (C=O) groups excluding carboxylic acids is 1. The van der Waals surface area contributed by atoms with Gasteiger partial charge in [-0.1, -0.05) is 0 Å². The van der Waals surface area contributed by atoms with Crippen molar-refractivity contribution in [3.63, 3.8) is 0 Å². The maximum atomic E-state index is 13.5. The quantitative estimate of drug-likeness (QED) is 0.882. The molecular weight excluding hydrogens is 229 g/mol. The Morgan fingerprint density at radius 3 is 2.41 bits per heavy atom. The van der Waals surface area contributed by atoms with E-state index in [-0.39, 0.29) is 18.0 Å². The van der Waals surface area contributed by atoms with E-state index in [1.165, 1.54) is 20.3 Å². The van der Waals surface area contributed by atoms with E-state index in [4.69, 9.17) is 9.47 Å². The van der Waals surface area contributed by atoms with Crippen LogP contribution in [0.5, 0.6) is 11.5 Å². The topological polar surface area (TPSA) is 56.8 Å². The van der Waals surface area contributed by atoms with Crippen molar-refractivity contribution < 1.29 is 23.4 Å². The van der Waals surface area contributed by atoms with E-state index in [9.17, 15) is 9.18 Å². The number of carbonyl (C=O) groups is 1. The van der Waals surface area contributed by atoms with Crippen LogP contribution in [0.15, 0.2) is 12.1 Å². The van der Waals surface area contributed by atoms with Gasteiger partial charge in [-0.05, 0) is 6.92 Å². The van der Waals surface area contributed by atoms with Gasteiger partial charge in [0, 0.05) is 12.1 Å². The molecule has 0 unspecified atom stereocenters. The zero-order valence-corrected chi connectivity index (χ0v) is 9.87. The minimum Gasteiger partial charge on any atom is -0.493 e. The van der Waals surface area contributed by atoms with Crippen molar-refractivity contribution in [1.29, 1.82) is 0 Å². The molecule has 0 heterocycles. The second-order valence-electron chi connectivity index (χ2n) is 3.03. The van der Waals surface area contributed by atoms with Crippen LogP contribution in [0.25, 0.3) is 0 Å². The van der Waals surface area contributed by atoms with Crippen LogP contribution in [-0.2, 0) is 4.74 Å². The lowest BCUT2D eigenvalue weighted by Crippen LogP contribution is -2.14. The van der Waals surface area contributed by atoms with Crippen molar-refractivity contribution in [3.8, 4) is 11.5 Å². The summed E-state index contributed by atoms with van der Waals surface area (Å²) in [5, 5.41) is 2.27. The predicted octanol–water partition coefficient (Wildman–Crippen LogP) is 2.41. The van der Waals surface area contributed by atoms with E-state index in [1.807, 2.05) is 0 Å². The average Bonchev–Trinajstić information content (AvgIpc) is 2.31. The number of methoxy groups -OCH3 is 2. The first kappa shape index (κ1) is 13.1. The zero-order chi connectivity index (χ0) is 12.8. The number of anilines is 1. The molecule has 0 aromatic heterocycles. The monoisotopic (exact) mass is 243 g/mol. The molecule has 0 bridgehead atoms. The Hall–Kier alpha value is -1.98. The molecule has 0 aliphatic carbocycles. The lowest BCUT2D eigenvalue weighted by atomic mass is 10.2. The fourth-order valence-corrected chi connectivity index (χ4v) is 1.23. The molecule has 1 aromatic carbocycles. The molecule has 0 aliphatic heterocycles. The summed E-state index contributed by atoms with van der Waals surface area (Å²) in [6, 6.07) is 2.45. The Morgan fingerprint density at radius 1 is 1.29 bits per heavy atom. The van der Waals surface area contributed by atoms with Crippen molar-refractivity contribution >= 4 is 11.8 Å². The molecule has 1 rings (SSSR count). The van der Waals surface area contributed by atoms with Crippen molar-refractivity contribution in [3.05, 3.63) is 17.9 Å². The summed E-state index contributed by atoms with van der Waals surface area (Å²) >= 11 is 0. The second kappa shape index (κ2) is 5.93. The number of ether oxygens (including phenoxy) is 3. The van der Waals surface area contributed by atoms with Crippen LogP contribution in [0, 0.1) is 5.82 Å². The van der Waals surface area contributed by atoms with Gasteiger partial charge in [-0.2, -0.15) is 0 Å². The lowest BCUT2D eigenvalue weighted by molar-refractivity contribution is 0.168. The fraction of sp³-hybridized carbons (Fsp3) is 0.364. The number of nitrogens with one attached hydrogen (secondary N) is 1. The summed E-state index contributed by atoms with van der Waals surface area (Å²) in [6.45, 7) is 1.87. The highest BCUT2D eigenvalue weighted by atomic mass is 19.1. The SMILES string of the molecule is CCOC(=O)Nc1cc(OC)c(OC)cc1F. The molecule has 0 fully saturated rings. The van der Waals surface area contributed by atoms with Crippen LogP contribution >= 0.6 is 0 Å². The van der Waals surface area contributed by atoms with Gasteiger partial charge in [0.1, 0.15) is 0 Å². The molecule has 0 spiro atoms. The lowest BCUT2D eigenvalue weighted by Gasteiger charge is -2.11. The maximum Gasteiger partial charge on any atom is 0.411 e. The Kier molecular flexibility index (Phi) is 4.56. The molecule has 0 saturated carbocycles. The first-order valence-electron chi connectivity index (χ1n) is 4.97. The summed E-state index contributed by atoms with van der Waals surface area (Å²) in [5.41, 5.74) is -0.0268. The minimum atomic E-state index is -0.724. The van der Waals surface area contributed by atoms with E-state index in [2.05, 4.69) is 10.1 Å². The third-order valence-corrected chi connectivity index (χ3v) is 1.99. The van der Waals surface area contributed by atoms with Crippen LogP contribution < -0.4 is 14.8 Å². The average molecular weight is 243 g/mol. The van der Waals surface area contributed by atoms with Crippen LogP contribution in [0.4, 0.5) is 14.9 Å². The second-order valence-corrected chi connectivity index (χ2v) is 3.03. The van der Waals surface area contributed by atoms with E-state index in [1.54, 1.807) is 6.92 Å². The number of hydrogen-bond donors (Lipinski definition) is 1. The molecule has 1 aromatic rings. The highest BCUT2D eigenvalue weighted by Crippen LogP contribution is 2.32. The molecular formula is C11H14FNO4. The summed E-state index contributed by atoms with van der Waals surface area (Å²) < 4.78 is 28.1.